The van der Waals surface area contributed by atoms with Crippen LogP contribution in [0.15, 0.2) is 42.1 Å². The van der Waals surface area contributed by atoms with E-state index >= 15 is 0 Å². The average molecular weight is 424 g/mol. The summed E-state index contributed by atoms with van der Waals surface area (Å²) in [4.78, 5) is 33.6. The van der Waals surface area contributed by atoms with Crippen LogP contribution in [0.1, 0.15) is 36.7 Å². The van der Waals surface area contributed by atoms with Gasteiger partial charge in [-0.3, -0.25) is 9.59 Å². The maximum atomic E-state index is 11.7. The molecule has 3 rings (SSSR count). The molecule has 1 aromatic heterocycles. The fraction of sp³-hybridized carbons (Fsp3) is 0.391. The van der Waals surface area contributed by atoms with Gasteiger partial charge in [0.2, 0.25) is 5.91 Å². The third-order valence-corrected chi connectivity index (χ3v) is 5.22. The van der Waals surface area contributed by atoms with Crippen LogP contribution in [-0.4, -0.2) is 54.1 Å². The number of amides is 1. The quantitative estimate of drug-likeness (QED) is 0.599. The Morgan fingerprint density at radius 3 is 2.55 bits per heavy atom. The zero-order valence-electron chi connectivity index (χ0n) is 18.2. The minimum absolute atomic E-state index is 0.0102. The van der Waals surface area contributed by atoms with E-state index in [-0.39, 0.29) is 24.7 Å². The van der Waals surface area contributed by atoms with Crippen LogP contribution >= 0.6 is 0 Å². The molecule has 1 aromatic carbocycles. The van der Waals surface area contributed by atoms with E-state index in [1.54, 1.807) is 0 Å². The summed E-state index contributed by atoms with van der Waals surface area (Å²) in [6, 6.07) is 10.4. The van der Waals surface area contributed by atoms with Crippen molar-refractivity contribution in [2.24, 2.45) is 0 Å². The molecule has 8 heteroatoms. The highest BCUT2D eigenvalue weighted by Crippen LogP contribution is 2.27. The highest BCUT2D eigenvalue weighted by molar-refractivity contribution is 5.80. The maximum Gasteiger partial charge on any atom is 0.303 e. The molecule has 1 amide bonds. The molecule has 0 aliphatic carbocycles. The minimum atomic E-state index is -0.971. The molecule has 0 bridgehead atoms. The van der Waals surface area contributed by atoms with Crippen molar-refractivity contribution in [3.05, 3.63) is 53.6 Å². The normalized spacial score (nSPS) is 15.6. The van der Waals surface area contributed by atoms with Gasteiger partial charge in [0.1, 0.15) is 5.82 Å². The molecule has 2 aromatic rings. The number of hydrogen-bond donors (Lipinski definition) is 3. The summed E-state index contributed by atoms with van der Waals surface area (Å²) in [5, 5.41) is 14.7. The van der Waals surface area contributed by atoms with Crippen molar-refractivity contribution in [1.82, 2.24) is 20.6 Å². The van der Waals surface area contributed by atoms with E-state index in [2.05, 4.69) is 61.9 Å². The van der Waals surface area contributed by atoms with Gasteiger partial charge in [-0.05, 0) is 31.5 Å². The maximum absolute atomic E-state index is 11.7. The Morgan fingerprint density at radius 1 is 1.19 bits per heavy atom. The number of rotatable bonds is 8. The second-order valence-electron chi connectivity index (χ2n) is 7.88. The molecule has 8 nitrogen and oxygen atoms in total. The van der Waals surface area contributed by atoms with Crippen molar-refractivity contribution in [3.63, 3.8) is 0 Å². The van der Waals surface area contributed by atoms with Crippen LogP contribution in [0.2, 0.25) is 0 Å². The van der Waals surface area contributed by atoms with E-state index in [4.69, 9.17) is 5.11 Å². The fourth-order valence-corrected chi connectivity index (χ4v) is 3.44. The van der Waals surface area contributed by atoms with Crippen molar-refractivity contribution in [2.45, 2.75) is 32.1 Å². The molecule has 1 aliphatic rings. The highest BCUT2D eigenvalue weighted by Gasteiger charge is 2.19. The number of aromatic nitrogens is 2. The van der Waals surface area contributed by atoms with Crippen LogP contribution in [0.4, 0.5) is 5.69 Å². The summed E-state index contributed by atoms with van der Waals surface area (Å²) in [6.07, 6.45) is 2.70. The lowest BCUT2D eigenvalue weighted by Gasteiger charge is -2.24. The van der Waals surface area contributed by atoms with Crippen LogP contribution in [0, 0.1) is 6.92 Å². The van der Waals surface area contributed by atoms with Crippen molar-refractivity contribution < 1.29 is 14.7 Å². The smallest absolute Gasteiger partial charge is 0.303 e. The molecular formula is C23H29N5O3. The third kappa shape index (κ3) is 6.28. The van der Waals surface area contributed by atoms with Gasteiger partial charge < -0.3 is 20.6 Å². The van der Waals surface area contributed by atoms with E-state index in [0.717, 1.165) is 40.6 Å². The molecule has 2 heterocycles. The van der Waals surface area contributed by atoms with Crippen LogP contribution < -0.4 is 15.5 Å². The number of carboxylic acids is 1. The average Bonchev–Trinajstić information content (AvgIpc) is 2.76. The molecule has 31 heavy (non-hydrogen) atoms. The molecule has 0 saturated carbocycles. The van der Waals surface area contributed by atoms with Gasteiger partial charge in [0, 0.05) is 55.6 Å². The van der Waals surface area contributed by atoms with Crippen molar-refractivity contribution in [2.75, 3.05) is 32.1 Å². The third-order valence-electron chi connectivity index (χ3n) is 5.22. The molecule has 1 aliphatic heterocycles. The van der Waals surface area contributed by atoms with E-state index in [1.807, 2.05) is 21.0 Å². The first kappa shape index (κ1) is 22.3. The Kier molecular flexibility index (Phi) is 7.23. The fourth-order valence-electron chi connectivity index (χ4n) is 3.44. The van der Waals surface area contributed by atoms with Crippen LogP contribution in [0.5, 0.6) is 0 Å². The minimum Gasteiger partial charge on any atom is -0.481 e. The van der Waals surface area contributed by atoms with Gasteiger partial charge >= 0.3 is 5.97 Å². The summed E-state index contributed by atoms with van der Waals surface area (Å²) >= 11 is 0. The van der Waals surface area contributed by atoms with E-state index < -0.39 is 5.97 Å². The number of carbonyl (C=O) groups excluding carboxylic acids is 1. The molecule has 0 spiro atoms. The molecule has 0 radical (unpaired) electrons. The Hall–Kier alpha value is -3.42. The summed E-state index contributed by atoms with van der Waals surface area (Å²) in [5.41, 5.74) is 5.03. The summed E-state index contributed by atoms with van der Waals surface area (Å²) in [7, 11) is 4.03. The number of nitrogens with one attached hydrogen (secondary N) is 2. The standard InChI is InChI=1S/C23H29N5O3/c1-15-26-20(16-5-8-19(9-6-16)28(2)3)12-21(27-15)17-4-7-18(24-13-17)14-25-22(29)10-11-23(30)31/h5-9,12,17,24H,4,10-11,13-14H2,1-3H3,(H,25,29)(H,30,31). The first-order valence-electron chi connectivity index (χ1n) is 10.4. The lowest BCUT2D eigenvalue weighted by molar-refractivity contribution is -0.138. The first-order chi connectivity index (χ1) is 14.8. The van der Waals surface area contributed by atoms with Crippen molar-refractivity contribution in [3.8, 4) is 11.3 Å². The number of carboxylic acid groups (broad SMARTS) is 1. The van der Waals surface area contributed by atoms with Crippen molar-refractivity contribution in [1.29, 1.82) is 0 Å². The van der Waals surface area contributed by atoms with Gasteiger partial charge in [-0.1, -0.05) is 18.2 Å². The number of anilines is 1. The number of carbonyl (C=O) groups is 2. The second kappa shape index (κ2) is 10.1. The van der Waals surface area contributed by atoms with Crippen LogP contribution in [0.25, 0.3) is 11.3 Å². The molecule has 1 atom stereocenters. The number of aryl methyl sites for hydroxylation is 1. The van der Waals surface area contributed by atoms with Gasteiger partial charge in [-0.2, -0.15) is 0 Å². The molecule has 0 saturated heterocycles. The first-order valence-corrected chi connectivity index (χ1v) is 10.4. The van der Waals surface area contributed by atoms with Gasteiger partial charge in [-0.25, -0.2) is 9.97 Å². The molecule has 3 N–H and O–H groups in total. The van der Waals surface area contributed by atoms with Gasteiger partial charge in [0.25, 0.3) is 0 Å². The summed E-state index contributed by atoms with van der Waals surface area (Å²) < 4.78 is 0. The predicted molar refractivity (Wildman–Crippen MR) is 120 cm³/mol. The van der Waals surface area contributed by atoms with Crippen molar-refractivity contribution >= 4 is 17.6 Å². The number of benzene rings is 1. The SMILES string of the molecule is Cc1nc(-c2ccc(N(C)C)cc2)cc(C2CC=C(CNC(=O)CCC(=O)O)NC2)n1. The number of allylic oxidation sites excluding steroid dienone is 1. The molecule has 164 valence electrons. The van der Waals surface area contributed by atoms with Gasteiger partial charge in [0.05, 0.1) is 18.7 Å². The number of nitrogens with zero attached hydrogens (tertiary/aromatic N) is 3. The van der Waals surface area contributed by atoms with Gasteiger partial charge in [0.15, 0.2) is 0 Å². The zero-order valence-corrected chi connectivity index (χ0v) is 18.2. The predicted octanol–water partition coefficient (Wildman–Crippen LogP) is 2.46. The summed E-state index contributed by atoms with van der Waals surface area (Å²) in [6.45, 7) is 3.00. The van der Waals surface area contributed by atoms with E-state index in [0.29, 0.717) is 13.1 Å². The molecular weight excluding hydrogens is 394 g/mol. The lowest BCUT2D eigenvalue weighted by atomic mass is 9.96. The highest BCUT2D eigenvalue weighted by atomic mass is 16.4. The Balaban J connectivity index is 1.63. The summed E-state index contributed by atoms with van der Waals surface area (Å²) in [5.74, 6) is -0.276. The molecule has 1 unspecified atom stereocenters. The largest absolute Gasteiger partial charge is 0.481 e. The second-order valence-corrected chi connectivity index (χ2v) is 7.88. The topological polar surface area (TPSA) is 107 Å². The number of hydrogen-bond acceptors (Lipinski definition) is 6. The van der Waals surface area contributed by atoms with Crippen LogP contribution in [-0.2, 0) is 9.59 Å². The zero-order chi connectivity index (χ0) is 22.4. The Bertz CT molecular complexity index is 970. The van der Waals surface area contributed by atoms with E-state index in [9.17, 15) is 9.59 Å². The molecule has 0 fully saturated rings. The number of aliphatic carboxylic acids is 1. The lowest BCUT2D eigenvalue weighted by Crippen LogP contribution is -2.34. The van der Waals surface area contributed by atoms with E-state index in [1.165, 1.54) is 0 Å². The van der Waals surface area contributed by atoms with Gasteiger partial charge in [-0.15, -0.1) is 0 Å². The Morgan fingerprint density at radius 2 is 1.94 bits per heavy atom. The van der Waals surface area contributed by atoms with Crippen LogP contribution in [0.3, 0.4) is 0 Å². The Labute approximate surface area is 182 Å². The monoisotopic (exact) mass is 423 g/mol.